The highest BCUT2D eigenvalue weighted by molar-refractivity contribution is 7.92. The summed E-state index contributed by atoms with van der Waals surface area (Å²) in [6.07, 6.45) is 5.97. The molecule has 1 aliphatic carbocycles. The summed E-state index contributed by atoms with van der Waals surface area (Å²) in [5, 5.41) is 3.82. The Balaban J connectivity index is 1.91. The predicted molar refractivity (Wildman–Crippen MR) is 150 cm³/mol. The Labute approximate surface area is 238 Å². The van der Waals surface area contributed by atoms with Crippen molar-refractivity contribution in [3.8, 4) is 0 Å². The summed E-state index contributed by atoms with van der Waals surface area (Å²) >= 11 is 24.4. The number of nitrogens with zero attached hydrogens (tertiary/aromatic N) is 2. The molecule has 2 amide bonds. The molecular formula is C25H29Cl4N3O4S. The van der Waals surface area contributed by atoms with Crippen LogP contribution in [0.1, 0.15) is 44.6 Å². The third-order valence-electron chi connectivity index (χ3n) is 6.32. The molecule has 1 fully saturated rings. The highest BCUT2D eigenvalue weighted by Gasteiger charge is 2.32. The Morgan fingerprint density at radius 3 is 2.16 bits per heavy atom. The number of amides is 2. The Bertz CT molecular complexity index is 1240. The number of sulfonamides is 1. The van der Waals surface area contributed by atoms with Gasteiger partial charge in [0.1, 0.15) is 12.6 Å². The number of nitrogens with one attached hydrogen (secondary N) is 1. The molecule has 202 valence electrons. The molecule has 1 saturated carbocycles. The van der Waals surface area contributed by atoms with E-state index in [0.29, 0.717) is 5.02 Å². The van der Waals surface area contributed by atoms with Gasteiger partial charge in [0.15, 0.2) is 0 Å². The lowest BCUT2D eigenvalue weighted by molar-refractivity contribution is -0.139. The number of hydrogen-bond donors (Lipinski definition) is 1. The second-order valence-electron chi connectivity index (χ2n) is 9.15. The van der Waals surface area contributed by atoms with Crippen molar-refractivity contribution < 1.29 is 18.0 Å². The van der Waals surface area contributed by atoms with E-state index in [-0.39, 0.29) is 39.2 Å². The number of carbonyl (C=O) groups is 2. The van der Waals surface area contributed by atoms with E-state index in [1.807, 2.05) is 0 Å². The number of carbonyl (C=O) groups excluding carboxylic acids is 2. The molecule has 12 heteroatoms. The van der Waals surface area contributed by atoms with Gasteiger partial charge in [-0.15, -0.1) is 0 Å². The molecule has 7 nitrogen and oxygen atoms in total. The topological polar surface area (TPSA) is 86.8 Å². The van der Waals surface area contributed by atoms with Gasteiger partial charge in [0.2, 0.25) is 21.8 Å². The molecule has 2 aromatic carbocycles. The van der Waals surface area contributed by atoms with Crippen LogP contribution in [0.15, 0.2) is 36.4 Å². The molecule has 0 radical (unpaired) electrons. The predicted octanol–water partition coefficient (Wildman–Crippen LogP) is 5.93. The number of rotatable bonds is 9. The first-order chi connectivity index (χ1) is 17.4. The summed E-state index contributed by atoms with van der Waals surface area (Å²) in [5.74, 6) is -0.888. The molecule has 1 unspecified atom stereocenters. The molecule has 1 aliphatic rings. The Morgan fingerprint density at radius 1 is 0.973 bits per heavy atom. The monoisotopic (exact) mass is 607 g/mol. The highest BCUT2D eigenvalue weighted by atomic mass is 35.5. The van der Waals surface area contributed by atoms with Crippen molar-refractivity contribution in [1.82, 2.24) is 10.2 Å². The van der Waals surface area contributed by atoms with Crippen molar-refractivity contribution >= 4 is 73.9 Å². The molecule has 0 aliphatic heterocycles. The summed E-state index contributed by atoms with van der Waals surface area (Å²) in [6.45, 7) is 1.11. The molecule has 1 atom stereocenters. The van der Waals surface area contributed by atoms with Crippen LogP contribution in [-0.4, -0.2) is 50.0 Å². The first-order valence-corrected chi connectivity index (χ1v) is 15.2. The minimum Gasteiger partial charge on any atom is -0.352 e. The number of hydrogen-bond acceptors (Lipinski definition) is 4. The van der Waals surface area contributed by atoms with Crippen molar-refractivity contribution in [3.05, 3.63) is 62.1 Å². The van der Waals surface area contributed by atoms with Crippen LogP contribution in [0.25, 0.3) is 0 Å². The van der Waals surface area contributed by atoms with Crippen molar-refractivity contribution in [2.75, 3.05) is 17.1 Å². The first kappa shape index (κ1) is 29.8. The average molecular weight is 609 g/mol. The summed E-state index contributed by atoms with van der Waals surface area (Å²) in [6, 6.07) is 8.67. The molecule has 0 bridgehead atoms. The lowest BCUT2D eigenvalue weighted by Crippen LogP contribution is -2.53. The number of benzene rings is 2. The molecular weight excluding hydrogens is 580 g/mol. The van der Waals surface area contributed by atoms with E-state index in [1.54, 1.807) is 31.2 Å². The van der Waals surface area contributed by atoms with Crippen molar-refractivity contribution in [2.24, 2.45) is 0 Å². The normalized spacial score (nSPS) is 15.2. The van der Waals surface area contributed by atoms with Gasteiger partial charge in [0.25, 0.3) is 0 Å². The fraction of sp³-hybridized carbons (Fsp3) is 0.440. The molecule has 1 N–H and O–H groups in total. The molecule has 0 saturated heterocycles. The van der Waals surface area contributed by atoms with Gasteiger partial charge in [0, 0.05) is 17.6 Å². The van der Waals surface area contributed by atoms with E-state index in [0.717, 1.165) is 48.2 Å². The van der Waals surface area contributed by atoms with Crippen LogP contribution in [0, 0.1) is 0 Å². The van der Waals surface area contributed by atoms with Gasteiger partial charge in [-0.3, -0.25) is 13.9 Å². The van der Waals surface area contributed by atoms with Gasteiger partial charge in [-0.2, -0.15) is 0 Å². The summed E-state index contributed by atoms with van der Waals surface area (Å²) in [7, 11) is -3.96. The average Bonchev–Trinajstić information content (AvgIpc) is 2.84. The minimum absolute atomic E-state index is 0.0117. The van der Waals surface area contributed by atoms with Crippen LogP contribution in [0.3, 0.4) is 0 Å². The zero-order valence-electron chi connectivity index (χ0n) is 20.5. The van der Waals surface area contributed by atoms with Crippen molar-refractivity contribution in [2.45, 2.75) is 57.7 Å². The Kier molecular flexibility index (Phi) is 10.4. The largest absolute Gasteiger partial charge is 0.352 e. The zero-order valence-corrected chi connectivity index (χ0v) is 24.4. The van der Waals surface area contributed by atoms with E-state index >= 15 is 0 Å². The summed E-state index contributed by atoms with van der Waals surface area (Å²) in [4.78, 5) is 28.2. The van der Waals surface area contributed by atoms with Gasteiger partial charge in [-0.1, -0.05) is 77.8 Å². The summed E-state index contributed by atoms with van der Waals surface area (Å²) < 4.78 is 26.3. The van der Waals surface area contributed by atoms with Crippen LogP contribution < -0.4 is 9.62 Å². The van der Waals surface area contributed by atoms with Gasteiger partial charge >= 0.3 is 0 Å². The third kappa shape index (κ3) is 8.14. The molecule has 0 aromatic heterocycles. The summed E-state index contributed by atoms with van der Waals surface area (Å²) in [5.41, 5.74) is 0.742. The van der Waals surface area contributed by atoms with Crippen LogP contribution in [0.5, 0.6) is 0 Å². The molecule has 3 rings (SSSR count). The second kappa shape index (κ2) is 12.9. The molecule has 2 aromatic rings. The van der Waals surface area contributed by atoms with E-state index in [9.17, 15) is 18.0 Å². The third-order valence-corrected chi connectivity index (χ3v) is 8.73. The van der Waals surface area contributed by atoms with E-state index < -0.39 is 28.5 Å². The molecule has 0 spiro atoms. The number of halogens is 4. The standard InChI is InChI=1S/C25H29Cl4N3O4S/c1-16(25(34)30-19-6-4-3-5-7-19)31(14-17-8-10-18(26)11-9-17)24(33)15-32(37(2,35)36)23-13-21(28)20(27)12-22(23)29/h8-13,16,19H,3-7,14-15H2,1-2H3,(H,30,34). The van der Waals surface area contributed by atoms with Gasteiger partial charge < -0.3 is 10.2 Å². The maximum Gasteiger partial charge on any atom is 0.244 e. The van der Waals surface area contributed by atoms with Crippen LogP contribution in [0.4, 0.5) is 5.69 Å². The molecule has 0 heterocycles. The Morgan fingerprint density at radius 2 is 1.57 bits per heavy atom. The number of anilines is 1. The van der Waals surface area contributed by atoms with Crippen LogP contribution in [0.2, 0.25) is 20.1 Å². The second-order valence-corrected chi connectivity index (χ2v) is 12.7. The van der Waals surface area contributed by atoms with E-state index in [1.165, 1.54) is 17.0 Å². The van der Waals surface area contributed by atoms with E-state index in [4.69, 9.17) is 46.4 Å². The zero-order chi connectivity index (χ0) is 27.3. The maximum absolute atomic E-state index is 13.7. The maximum atomic E-state index is 13.7. The first-order valence-electron chi connectivity index (χ1n) is 11.8. The lowest BCUT2D eigenvalue weighted by Gasteiger charge is -2.33. The fourth-order valence-corrected chi connectivity index (χ4v) is 5.91. The fourth-order valence-electron chi connectivity index (χ4n) is 4.24. The quantitative estimate of drug-likeness (QED) is 0.357. The lowest BCUT2D eigenvalue weighted by atomic mass is 9.95. The SMILES string of the molecule is CC(C(=O)NC1CCCCC1)N(Cc1ccc(Cl)cc1)C(=O)CN(c1cc(Cl)c(Cl)cc1Cl)S(C)(=O)=O. The highest BCUT2D eigenvalue weighted by Crippen LogP contribution is 2.35. The van der Waals surface area contributed by atoms with Gasteiger partial charge in [-0.25, -0.2) is 8.42 Å². The van der Waals surface area contributed by atoms with Gasteiger partial charge in [-0.05, 0) is 49.6 Å². The van der Waals surface area contributed by atoms with Crippen molar-refractivity contribution in [3.63, 3.8) is 0 Å². The van der Waals surface area contributed by atoms with Gasteiger partial charge in [0.05, 0.1) is 27.0 Å². The molecule has 37 heavy (non-hydrogen) atoms. The minimum atomic E-state index is -3.96. The van der Waals surface area contributed by atoms with Crippen LogP contribution in [-0.2, 0) is 26.2 Å². The van der Waals surface area contributed by atoms with Crippen LogP contribution >= 0.6 is 46.4 Å². The van der Waals surface area contributed by atoms with E-state index in [2.05, 4.69) is 5.32 Å². The Hall–Kier alpha value is -1.71. The van der Waals surface area contributed by atoms with Crippen molar-refractivity contribution in [1.29, 1.82) is 0 Å². The smallest absolute Gasteiger partial charge is 0.244 e.